The van der Waals surface area contributed by atoms with Crippen molar-refractivity contribution in [1.29, 1.82) is 0 Å². The third-order valence-electron chi connectivity index (χ3n) is 3.49. The zero-order valence-corrected chi connectivity index (χ0v) is 13.5. The quantitative estimate of drug-likeness (QED) is 0.888. The normalized spacial score (nSPS) is 10.2. The second-order valence-corrected chi connectivity index (χ2v) is 5.50. The number of pyridine rings is 1. The Hall–Kier alpha value is -2.69. The Kier molecular flexibility index (Phi) is 5.86. The average Bonchev–Trinajstić information content (AvgIpc) is 2.54. The summed E-state index contributed by atoms with van der Waals surface area (Å²) in [5.74, 6) is -0.316. The van der Waals surface area contributed by atoms with Crippen LogP contribution < -0.4 is 5.32 Å². The van der Waals surface area contributed by atoms with Gasteiger partial charge in [0.25, 0.3) is 0 Å². The molecule has 23 heavy (non-hydrogen) atoms. The van der Waals surface area contributed by atoms with Crippen LogP contribution in [0.4, 0.5) is 0 Å². The lowest BCUT2D eigenvalue weighted by Gasteiger charge is -2.20. The summed E-state index contributed by atoms with van der Waals surface area (Å²) >= 11 is 0. The van der Waals surface area contributed by atoms with Gasteiger partial charge in [-0.1, -0.05) is 35.9 Å². The van der Waals surface area contributed by atoms with E-state index in [0.29, 0.717) is 13.1 Å². The van der Waals surface area contributed by atoms with Crippen LogP contribution in [0.3, 0.4) is 0 Å². The molecular formula is C18H21N3O2. The van der Waals surface area contributed by atoms with Crippen LogP contribution in [-0.2, 0) is 22.7 Å². The van der Waals surface area contributed by atoms with Gasteiger partial charge in [-0.25, -0.2) is 0 Å². The molecular weight excluding hydrogens is 290 g/mol. The molecule has 0 unspecified atom stereocenters. The minimum atomic E-state index is -0.176. The van der Waals surface area contributed by atoms with Gasteiger partial charge in [0.1, 0.15) is 0 Å². The number of hydrogen-bond donors (Lipinski definition) is 1. The predicted molar refractivity (Wildman–Crippen MR) is 88.4 cm³/mol. The van der Waals surface area contributed by atoms with Gasteiger partial charge in [0, 0.05) is 32.4 Å². The monoisotopic (exact) mass is 311 g/mol. The summed E-state index contributed by atoms with van der Waals surface area (Å²) in [5.41, 5.74) is 3.11. The number of nitrogens with one attached hydrogen (secondary N) is 1. The molecule has 5 nitrogen and oxygen atoms in total. The Bertz CT molecular complexity index is 654. The molecule has 2 aromatic rings. The smallest absolute Gasteiger partial charge is 0.239 e. The highest BCUT2D eigenvalue weighted by Crippen LogP contribution is 2.04. The van der Waals surface area contributed by atoms with E-state index in [1.165, 1.54) is 17.4 Å². The van der Waals surface area contributed by atoms with Gasteiger partial charge >= 0.3 is 0 Å². The molecule has 1 N–H and O–H groups in total. The molecule has 0 fully saturated rings. The van der Waals surface area contributed by atoms with E-state index in [4.69, 9.17) is 0 Å². The van der Waals surface area contributed by atoms with Gasteiger partial charge < -0.3 is 10.2 Å². The first-order chi connectivity index (χ1) is 11.0. The van der Waals surface area contributed by atoms with Crippen molar-refractivity contribution in [2.24, 2.45) is 0 Å². The summed E-state index contributed by atoms with van der Waals surface area (Å²) in [5, 5.41) is 2.84. The van der Waals surface area contributed by atoms with Crippen molar-refractivity contribution in [2.45, 2.75) is 26.9 Å². The molecule has 0 aliphatic rings. The molecule has 120 valence electrons. The number of benzene rings is 1. The van der Waals surface area contributed by atoms with Gasteiger partial charge in [-0.3, -0.25) is 14.6 Å². The second-order valence-electron chi connectivity index (χ2n) is 5.50. The van der Waals surface area contributed by atoms with E-state index >= 15 is 0 Å². The molecule has 1 heterocycles. The van der Waals surface area contributed by atoms with Gasteiger partial charge in [0.15, 0.2) is 0 Å². The van der Waals surface area contributed by atoms with E-state index in [-0.39, 0.29) is 18.4 Å². The van der Waals surface area contributed by atoms with E-state index in [0.717, 1.165) is 11.1 Å². The fourth-order valence-corrected chi connectivity index (χ4v) is 2.13. The molecule has 0 radical (unpaired) electrons. The number of rotatable bonds is 6. The van der Waals surface area contributed by atoms with Gasteiger partial charge in [0.2, 0.25) is 11.8 Å². The highest BCUT2D eigenvalue weighted by atomic mass is 16.2. The Morgan fingerprint density at radius 1 is 1.13 bits per heavy atom. The standard InChI is InChI=1S/C18H21N3O2/c1-14-5-7-16(8-6-14)11-20-18(23)13-21(15(2)22)12-17-4-3-9-19-10-17/h3-10H,11-13H2,1-2H3,(H,20,23). The highest BCUT2D eigenvalue weighted by Gasteiger charge is 2.14. The third kappa shape index (κ3) is 5.54. The first-order valence-electron chi connectivity index (χ1n) is 7.51. The molecule has 0 saturated carbocycles. The minimum absolute atomic E-state index is 0.0378. The lowest BCUT2D eigenvalue weighted by Crippen LogP contribution is -2.39. The number of amides is 2. The van der Waals surface area contributed by atoms with Crippen LogP contribution in [0.25, 0.3) is 0 Å². The van der Waals surface area contributed by atoms with Gasteiger partial charge in [-0.2, -0.15) is 0 Å². The predicted octanol–water partition coefficient (Wildman–Crippen LogP) is 2.05. The molecule has 2 amide bonds. The van der Waals surface area contributed by atoms with Gasteiger partial charge in [0.05, 0.1) is 6.54 Å². The van der Waals surface area contributed by atoms with Crippen LogP contribution in [0, 0.1) is 6.92 Å². The zero-order valence-electron chi connectivity index (χ0n) is 13.5. The fourth-order valence-electron chi connectivity index (χ4n) is 2.13. The molecule has 0 atom stereocenters. The molecule has 0 spiro atoms. The molecule has 1 aromatic heterocycles. The maximum absolute atomic E-state index is 12.1. The first kappa shape index (κ1) is 16.7. The molecule has 0 aliphatic heterocycles. The van der Waals surface area contributed by atoms with E-state index in [1.807, 2.05) is 43.3 Å². The number of aromatic nitrogens is 1. The Balaban J connectivity index is 1.88. The van der Waals surface area contributed by atoms with Crippen molar-refractivity contribution in [3.8, 4) is 0 Å². The summed E-state index contributed by atoms with van der Waals surface area (Å²) < 4.78 is 0. The Labute approximate surface area is 136 Å². The highest BCUT2D eigenvalue weighted by molar-refractivity contribution is 5.83. The van der Waals surface area contributed by atoms with Gasteiger partial charge in [-0.15, -0.1) is 0 Å². The summed E-state index contributed by atoms with van der Waals surface area (Å²) in [6.07, 6.45) is 3.37. The van der Waals surface area contributed by atoms with Crippen molar-refractivity contribution in [3.63, 3.8) is 0 Å². The fraction of sp³-hybridized carbons (Fsp3) is 0.278. The van der Waals surface area contributed by atoms with E-state index in [2.05, 4.69) is 10.3 Å². The van der Waals surface area contributed by atoms with E-state index in [1.54, 1.807) is 12.4 Å². The average molecular weight is 311 g/mol. The van der Waals surface area contributed by atoms with E-state index in [9.17, 15) is 9.59 Å². The van der Waals surface area contributed by atoms with Crippen molar-refractivity contribution in [2.75, 3.05) is 6.54 Å². The van der Waals surface area contributed by atoms with Crippen LogP contribution in [0.1, 0.15) is 23.6 Å². The Morgan fingerprint density at radius 3 is 2.48 bits per heavy atom. The lowest BCUT2D eigenvalue weighted by molar-refractivity contribution is -0.135. The molecule has 5 heteroatoms. The lowest BCUT2D eigenvalue weighted by atomic mass is 10.1. The molecule has 0 aliphatic carbocycles. The van der Waals surface area contributed by atoms with Crippen molar-refractivity contribution in [3.05, 3.63) is 65.5 Å². The first-order valence-corrected chi connectivity index (χ1v) is 7.51. The van der Waals surface area contributed by atoms with Crippen LogP contribution in [0.5, 0.6) is 0 Å². The third-order valence-corrected chi connectivity index (χ3v) is 3.49. The molecule has 0 saturated heterocycles. The summed E-state index contributed by atoms with van der Waals surface area (Å²) in [4.78, 5) is 29.3. The van der Waals surface area contributed by atoms with Crippen molar-refractivity contribution >= 4 is 11.8 Å². The Morgan fingerprint density at radius 2 is 1.87 bits per heavy atom. The molecule has 2 rings (SSSR count). The van der Waals surface area contributed by atoms with Crippen LogP contribution in [0.2, 0.25) is 0 Å². The number of aryl methyl sites for hydroxylation is 1. The topological polar surface area (TPSA) is 62.3 Å². The van der Waals surface area contributed by atoms with Crippen LogP contribution >= 0.6 is 0 Å². The largest absolute Gasteiger partial charge is 0.350 e. The summed E-state index contributed by atoms with van der Waals surface area (Å²) in [6.45, 7) is 4.35. The van der Waals surface area contributed by atoms with Crippen LogP contribution in [0.15, 0.2) is 48.8 Å². The number of hydrogen-bond acceptors (Lipinski definition) is 3. The van der Waals surface area contributed by atoms with Crippen LogP contribution in [-0.4, -0.2) is 28.2 Å². The SMILES string of the molecule is CC(=O)N(CC(=O)NCc1ccc(C)cc1)Cc1cccnc1. The van der Waals surface area contributed by atoms with Gasteiger partial charge in [-0.05, 0) is 24.1 Å². The maximum Gasteiger partial charge on any atom is 0.239 e. The van der Waals surface area contributed by atoms with Crippen molar-refractivity contribution in [1.82, 2.24) is 15.2 Å². The zero-order chi connectivity index (χ0) is 16.7. The molecule has 1 aromatic carbocycles. The second kappa shape index (κ2) is 8.08. The van der Waals surface area contributed by atoms with E-state index < -0.39 is 0 Å². The number of carbonyl (C=O) groups is 2. The summed E-state index contributed by atoms with van der Waals surface area (Å²) in [6, 6.07) is 11.7. The minimum Gasteiger partial charge on any atom is -0.350 e. The number of carbonyl (C=O) groups excluding carboxylic acids is 2. The summed E-state index contributed by atoms with van der Waals surface area (Å²) in [7, 11) is 0. The van der Waals surface area contributed by atoms with Crippen molar-refractivity contribution < 1.29 is 9.59 Å². The molecule has 0 bridgehead atoms. The number of nitrogens with zero attached hydrogens (tertiary/aromatic N) is 2. The maximum atomic E-state index is 12.1.